The van der Waals surface area contributed by atoms with Gasteiger partial charge in [-0.15, -0.1) is 5.10 Å². The molecular formula is C19H20N4. The lowest BCUT2D eigenvalue weighted by Crippen LogP contribution is -2.12. The number of anilines is 1. The fourth-order valence-electron chi connectivity index (χ4n) is 2.51. The van der Waals surface area contributed by atoms with Gasteiger partial charge in [-0.2, -0.15) is 5.10 Å². The lowest BCUT2D eigenvalue weighted by Gasteiger charge is -2.13. The van der Waals surface area contributed by atoms with Crippen LogP contribution in [-0.4, -0.2) is 21.7 Å². The molecule has 1 aromatic heterocycles. The second-order valence-electron chi connectivity index (χ2n) is 5.67. The molecule has 116 valence electrons. The van der Waals surface area contributed by atoms with E-state index < -0.39 is 0 Å². The minimum absolute atomic E-state index is 0.377. The molecular weight excluding hydrogens is 284 g/mol. The zero-order valence-electron chi connectivity index (χ0n) is 13.4. The molecule has 4 nitrogen and oxygen atoms in total. The molecule has 4 heteroatoms. The third-order valence-corrected chi connectivity index (χ3v) is 3.91. The maximum Gasteiger partial charge on any atom is 0.243 e. The van der Waals surface area contributed by atoms with Crippen LogP contribution in [0.3, 0.4) is 0 Å². The maximum atomic E-state index is 4.58. The van der Waals surface area contributed by atoms with Gasteiger partial charge in [-0.1, -0.05) is 61.5 Å². The number of rotatable bonds is 5. The van der Waals surface area contributed by atoms with E-state index in [0.29, 0.717) is 11.9 Å². The average molecular weight is 304 g/mol. The number of aromatic nitrogens is 3. The summed E-state index contributed by atoms with van der Waals surface area (Å²) in [4.78, 5) is 4.58. The molecule has 0 spiro atoms. The molecule has 0 amide bonds. The third kappa shape index (κ3) is 3.72. The van der Waals surface area contributed by atoms with Crippen LogP contribution in [0.5, 0.6) is 0 Å². The van der Waals surface area contributed by atoms with E-state index in [-0.39, 0.29) is 0 Å². The van der Waals surface area contributed by atoms with E-state index in [1.165, 1.54) is 11.1 Å². The summed E-state index contributed by atoms with van der Waals surface area (Å²) in [5.74, 6) is 0.940. The van der Waals surface area contributed by atoms with Crippen molar-refractivity contribution in [3.05, 3.63) is 71.9 Å². The highest BCUT2D eigenvalue weighted by atomic mass is 15.2. The predicted octanol–water partition coefficient (Wildman–Crippen LogP) is 4.06. The largest absolute Gasteiger partial charge is 0.352 e. The fourth-order valence-corrected chi connectivity index (χ4v) is 2.51. The maximum absolute atomic E-state index is 4.58. The Morgan fingerprint density at radius 3 is 2.52 bits per heavy atom. The Labute approximate surface area is 136 Å². The third-order valence-electron chi connectivity index (χ3n) is 3.91. The average Bonchev–Trinajstić information content (AvgIpc) is 2.61. The van der Waals surface area contributed by atoms with Crippen LogP contribution >= 0.6 is 0 Å². The topological polar surface area (TPSA) is 50.7 Å². The molecule has 0 bridgehead atoms. The van der Waals surface area contributed by atoms with Crippen molar-refractivity contribution in [3.8, 4) is 11.3 Å². The summed E-state index contributed by atoms with van der Waals surface area (Å²) >= 11 is 0. The van der Waals surface area contributed by atoms with E-state index in [2.05, 4.69) is 70.7 Å². The minimum atomic E-state index is 0.377. The Kier molecular flexibility index (Phi) is 4.62. The van der Waals surface area contributed by atoms with Gasteiger partial charge in [0.1, 0.15) is 0 Å². The molecule has 0 radical (unpaired) electrons. The Bertz CT molecular complexity index is 771. The molecule has 1 atom stereocenters. The number of hydrogen-bond donors (Lipinski definition) is 1. The summed E-state index contributed by atoms with van der Waals surface area (Å²) in [6, 6.07) is 18.6. The summed E-state index contributed by atoms with van der Waals surface area (Å²) in [6.07, 6.45) is 1.70. The number of benzene rings is 2. The standard InChI is InChI=1S/C19H20N4/c1-14-8-6-7-11-17(14)18-13-21-23-19(22-18)20-12-15(2)16-9-4-3-5-10-16/h3-11,13,15H,12H2,1-2H3,(H,20,22,23). The van der Waals surface area contributed by atoms with Crippen molar-refractivity contribution in [2.75, 3.05) is 11.9 Å². The summed E-state index contributed by atoms with van der Waals surface area (Å²) in [5.41, 5.74) is 4.40. The molecule has 0 fully saturated rings. The zero-order chi connectivity index (χ0) is 16.1. The van der Waals surface area contributed by atoms with Gasteiger partial charge >= 0.3 is 0 Å². The van der Waals surface area contributed by atoms with Gasteiger partial charge in [0, 0.05) is 12.1 Å². The van der Waals surface area contributed by atoms with Crippen LogP contribution in [0.15, 0.2) is 60.8 Å². The van der Waals surface area contributed by atoms with Crippen LogP contribution in [-0.2, 0) is 0 Å². The molecule has 1 N–H and O–H groups in total. The smallest absolute Gasteiger partial charge is 0.243 e. The van der Waals surface area contributed by atoms with Crippen molar-refractivity contribution in [1.29, 1.82) is 0 Å². The molecule has 1 unspecified atom stereocenters. The van der Waals surface area contributed by atoms with Gasteiger partial charge in [0.15, 0.2) is 0 Å². The van der Waals surface area contributed by atoms with Gasteiger partial charge in [-0.3, -0.25) is 0 Å². The van der Waals surface area contributed by atoms with Crippen LogP contribution in [0, 0.1) is 6.92 Å². The van der Waals surface area contributed by atoms with Gasteiger partial charge in [-0.05, 0) is 24.0 Å². The highest BCUT2D eigenvalue weighted by Crippen LogP contribution is 2.21. The monoisotopic (exact) mass is 304 g/mol. The van der Waals surface area contributed by atoms with Gasteiger partial charge in [0.25, 0.3) is 0 Å². The Morgan fingerprint density at radius 1 is 1.00 bits per heavy atom. The van der Waals surface area contributed by atoms with Crippen molar-refractivity contribution in [3.63, 3.8) is 0 Å². The summed E-state index contributed by atoms with van der Waals surface area (Å²) in [6.45, 7) is 5.02. The molecule has 0 saturated carbocycles. The second-order valence-corrected chi connectivity index (χ2v) is 5.67. The first-order valence-corrected chi connectivity index (χ1v) is 7.78. The van der Waals surface area contributed by atoms with Crippen molar-refractivity contribution >= 4 is 5.95 Å². The van der Waals surface area contributed by atoms with Crippen molar-refractivity contribution in [1.82, 2.24) is 15.2 Å². The molecule has 0 saturated heterocycles. The SMILES string of the molecule is Cc1ccccc1-c1cnnc(NCC(C)c2ccccc2)n1. The predicted molar refractivity (Wildman–Crippen MR) is 93.3 cm³/mol. The summed E-state index contributed by atoms with van der Waals surface area (Å²) in [7, 11) is 0. The summed E-state index contributed by atoms with van der Waals surface area (Å²) in [5, 5.41) is 11.5. The molecule has 23 heavy (non-hydrogen) atoms. The Balaban J connectivity index is 1.72. The first-order chi connectivity index (χ1) is 11.2. The van der Waals surface area contributed by atoms with E-state index in [9.17, 15) is 0 Å². The van der Waals surface area contributed by atoms with Crippen LogP contribution in [0.4, 0.5) is 5.95 Å². The lowest BCUT2D eigenvalue weighted by atomic mass is 10.0. The van der Waals surface area contributed by atoms with E-state index >= 15 is 0 Å². The van der Waals surface area contributed by atoms with Crippen LogP contribution in [0.2, 0.25) is 0 Å². The van der Waals surface area contributed by atoms with E-state index in [0.717, 1.165) is 17.8 Å². The minimum Gasteiger partial charge on any atom is -0.352 e. The molecule has 2 aromatic carbocycles. The first-order valence-electron chi connectivity index (χ1n) is 7.78. The number of aryl methyl sites for hydroxylation is 1. The number of nitrogens with one attached hydrogen (secondary N) is 1. The van der Waals surface area contributed by atoms with E-state index in [1.54, 1.807) is 6.20 Å². The van der Waals surface area contributed by atoms with Gasteiger partial charge in [0.2, 0.25) is 5.95 Å². The van der Waals surface area contributed by atoms with Crippen LogP contribution in [0.1, 0.15) is 24.0 Å². The first kappa shape index (κ1) is 15.2. The van der Waals surface area contributed by atoms with E-state index in [4.69, 9.17) is 0 Å². The normalized spacial score (nSPS) is 11.9. The lowest BCUT2D eigenvalue weighted by molar-refractivity contribution is 0.791. The molecule has 3 rings (SSSR count). The van der Waals surface area contributed by atoms with Crippen molar-refractivity contribution in [2.24, 2.45) is 0 Å². The van der Waals surface area contributed by atoms with Crippen molar-refractivity contribution in [2.45, 2.75) is 19.8 Å². The second kappa shape index (κ2) is 7.01. The highest BCUT2D eigenvalue weighted by molar-refractivity contribution is 5.63. The molecule has 1 heterocycles. The van der Waals surface area contributed by atoms with Gasteiger partial charge < -0.3 is 5.32 Å². The quantitative estimate of drug-likeness (QED) is 0.772. The molecule has 0 aliphatic carbocycles. The Hall–Kier alpha value is -2.75. The summed E-state index contributed by atoms with van der Waals surface area (Å²) < 4.78 is 0. The van der Waals surface area contributed by atoms with Crippen LogP contribution < -0.4 is 5.32 Å². The number of nitrogens with zero attached hydrogens (tertiary/aromatic N) is 3. The van der Waals surface area contributed by atoms with Crippen molar-refractivity contribution < 1.29 is 0 Å². The van der Waals surface area contributed by atoms with E-state index in [1.807, 2.05) is 18.2 Å². The zero-order valence-corrected chi connectivity index (χ0v) is 13.4. The molecule has 0 aliphatic heterocycles. The Morgan fingerprint density at radius 2 is 1.74 bits per heavy atom. The highest BCUT2D eigenvalue weighted by Gasteiger charge is 2.08. The fraction of sp³-hybridized carbons (Fsp3) is 0.211. The molecule has 0 aliphatic rings. The van der Waals surface area contributed by atoms with Gasteiger partial charge in [-0.25, -0.2) is 4.98 Å². The number of hydrogen-bond acceptors (Lipinski definition) is 4. The molecule has 3 aromatic rings. The van der Waals surface area contributed by atoms with Crippen LogP contribution in [0.25, 0.3) is 11.3 Å². The van der Waals surface area contributed by atoms with Gasteiger partial charge in [0.05, 0.1) is 11.9 Å².